The lowest BCUT2D eigenvalue weighted by Crippen LogP contribution is -2.37. The van der Waals surface area contributed by atoms with E-state index in [0.29, 0.717) is 42.0 Å². The third kappa shape index (κ3) is 6.42. The summed E-state index contributed by atoms with van der Waals surface area (Å²) in [4.78, 5) is 26.1. The number of ether oxygens (including phenoxy) is 1. The zero-order valence-corrected chi connectivity index (χ0v) is 25.1. The van der Waals surface area contributed by atoms with Gasteiger partial charge in [0.2, 0.25) is 0 Å². The van der Waals surface area contributed by atoms with Crippen LogP contribution in [0.2, 0.25) is 0 Å². The average Bonchev–Trinajstić information content (AvgIpc) is 3.33. The van der Waals surface area contributed by atoms with Gasteiger partial charge >= 0.3 is 0 Å². The molecule has 0 bridgehead atoms. The fourth-order valence-electron chi connectivity index (χ4n) is 5.34. The SMILES string of the molecule is CC(C)N(C(C)C)P(OCCC#N)O[C@@H]1C[C@H](n2cnc3c(NC(=O)c4ccccc4)ncnc32)O[C@@H]1C1(C)CC1. The van der Waals surface area contributed by atoms with Gasteiger partial charge in [-0.2, -0.15) is 5.26 Å². The maximum atomic E-state index is 12.8. The summed E-state index contributed by atoms with van der Waals surface area (Å²) in [5.41, 5.74) is 1.62. The van der Waals surface area contributed by atoms with Crippen molar-refractivity contribution in [1.82, 2.24) is 24.2 Å². The summed E-state index contributed by atoms with van der Waals surface area (Å²) in [5.74, 6) is 0.0788. The molecule has 1 amide bonds. The van der Waals surface area contributed by atoms with E-state index in [1.54, 1.807) is 18.5 Å². The minimum Gasteiger partial charge on any atom is -0.351 e. The molecule has 1 unspecified atom stereocenters. The largest absolute Gasteiger partial charge is 0.351 e. The summed E-state index contributed by atoms with van der Waals surface area (Å²) in [7, 11) is -1.42. The van der Waals surface area contributed by atoms with E-state index in [4.69, 9.17) is 19.0 Å². The predicted octanol–water partition coefficient (Wildman–Crippen LogP) is 5.83. The minimum absolute atomic E-state index is 0.0216. The molecule has 2 aliphatic rings. The van der Waals surface area contributed by atoms with E-state index in [2.05, 4.69) is 65.6 Å². The first-order chi connectivity index (χ1) is 19.7. The van der Waals surface area contributed by atoms with Gasteiger partial charge in [-0.05, 0) is 58.1 Å². The van der Waals surface area contributed by atoms with Gasteiger partial charge in [0.15, 0.2) is 17.0 Å². The number of aromatic nitrogens is 4. The molecule has 3 aromatic rings. The van der Waals surface area contributed by atoms with Crippen LogP contribution in [0, 0.1) is 16.7 Å². The summed E-state index contributed by atoms with van der Waals surface area (Å²) in [5, 5.41) is 12.0. The number of anilines is 1. The number of nitrogens with one attached hydrogen (secondary N) is 1. The van der Waals surface area contributed by atoms with Crippen LogP contribution in [-0.4, -0.2) is 61.0 Å². The molecule has 1 aliphatic carbocycles. The number of hydrogen-bond donors (Lipinski definition) is 1. The molecular weight excluding hydrogens is 541 g/mol. The fraction of sp³-hybridized carbons (Fsp3) is 0.552. The highest BCUT2D eigenvalue weighted by atomic mass is 31.2. The summed E-state index contributed by atoms with van der Waals surface area (Å²) in [6.45, 7) is 11.1. The monoisotopic (exact) mass is 579 g/mol. The third-order valence-electron chi connectivity index (χ3n) is 7.63. The number of nitrogens with zero attached hydrogens (tertiary/aromatic N) is 6. The van der Waals surface area contributed by atoms with E-state index < -0.39 is 8.53 Å². The molecule has 11 nitrogen and oxygen atoms in total. The number of nitriles is 1. The first-order valence-corrected chi connectivity index (χ1v) is 15.3. The first-order valence-electron chi connectivity index (χ1n) is 14.2. The Morgan fingerprint density at radius 3 is 2.61 bits per heavy atom. The second-order valence-corrected chi connectivity index (χ2v) is 12.9. The van der Waals surface area contributed by atoms with Gasteiger partial charge in [-0.3, -0.25) is 9.36 Å². The Morgan fingerprint density at radius 2 is 1.95 bits per heavy atom. The number of fused-ring (bicyclic) bond motifs is 1. The topological polar surface area (TPSA) is 127 Å². The smallest absolute Gasteiger partial charge is 0.259 e. The molecular formula is C29H38N7O4P. The van der Waals surface area contributed by atoms with Crippen LogP contribution < -0.4 is 5.32 Å². The predicted molar refractivity (Wildman–Crippen MR) is 156 cm³/mol. The third-order valence-corrected chi connectivity index (χ3v) is 9.78. The Labute approximate surface area is 242 Å². The fourth-order valence-corrected chi connectivity index (χ4v) is 7.07. The van der Waals surface area contributed by atoms with Crippen molar-refractivity contribution in [1.29, 1.82) is 5.26 Å². The molecule has 0 radical (unpaired) electrons. The average molecular weight is 580 g/mol. The van der Waals surface area contributed by atoms with Crippen molar-refractivity contribution in [2.75, 3.05) is 11.9 Å². The van der Waals surface area contributed by atoms with Gasteiger partial charge in [0, 0.05) is 24.1 Å². The zero-order valence-electron chi connectivity index (χ0n) is 24.2. The van der Waals surface area contributed by atoms with Gasteiger partial charge in [0.1, 0.15) is 12.6 Å². The van der Waals surface area contributed by atoms with Crippen LogP contribution in [0.25, 0.3) is 11.2 Å². The van der Waals surface area contributed by atoms with Crippen LogP contribution in [-0.2, 0) is 13.8 Å². The number of benzene rings is 1. The highest BCUT2D eigenvalue weighted by molar-refractivity contribution is 7.44. The van der Waals surface area contributed by atoms with Crippen molar-refractivity contribution < 1.29 is 18.6 Å². The first kappa shape index (κ1) is 29.5. The maximum absolute atomic E-state index is 12.8. The van der Waals surface area contributed by atoms with Crippen molar-refractivity contribution in [2.24, 2.45) is 5.41 Å². The van der Waals surface area contributed by atoms with Gasteiger partial charge in [-0.15, -0.1) is 0 Å². The minimum atomic E-state index is -1.42. The van der Waals surface area contributed by atoms with Gasteiger partial charge in [-0.1, -0.05) is 25.1 Å². The highest BCUT2D eigenvalue weighted by Gasteiger charge is 2.55. The molecule has 0 spiro atoms. The van der Waals surface area contributed by atoms with E-state index in [1.165, 1.54) is 6.33 Å². The lowest BCUT2D eigenvalue weighted by molar-refractivity contribution is -0.0494. The Morgan fingerprint density at radius 1 is 1.22 bits per heavy atom. The molecule has 1 N–H and O–H groups in total. The van der Waals surface area contributed by atoms with E-state index in [9.17, 15) is 4.79 Å². The van der Waals surface area contributed by atoms with E-state index in [-0.39, 0.29) is 41.8 Å². The molecule has 1 saturated carbocycles. The molecule has 41 heavy (non-hydrogen) atoms. The zero-order chi connectivity index (χ0) is 29.1. The van der Waals surface area contributed by atoms with E-state index in [0.717, 1.165) is 12.8 Å². The van der Waals surface area contributed by atoms with Crippen LogP contribution in [0.15, 0.2) is 43.0 Å². The Balaban J connectivity index is 1.39. The van der Waals surface area contributed by atoms with Crippen LogP contribution in [0.4, 0.5) is 5.82 Å². The van der Waals surface area contributed by atoms with Gasteiger partial charge in [0.25, 0.3) is 14.4 Å². The molecule has 12 heteroatoms. The van der Waals surface area contributed by atoms with Crippen molar-refractivity contribution in [3.63, 3.8) is 0 Å². The summed E-state index contributed by atoms with van der Waals surface area (Å²) in [6.07, 6.45) is 5.45. The maximum Gasteiger partial charge on any atom is 0.259 e. The lowest BCUT2D eigenvalue weighted by Gasteiger charge is -2.38. The van der Waals surface area contributed by atoms with Crippen molar-refractivity contribution in [3.05, 3.63) is 48.5 Å². The normalized spacial score (nSPS) is 22.4. The van der Waals surface area contributed by atoms with Crippen molar-refractivity contribution >= 4 is 31.4 Å². The Hall–Kier alpha value is -3.00. The summed E-state index contributed by atoms with van der Waals surface area (Å²) < 4.78 is 23.9. The molecule has 5 rings (SSSR count). The van der Waals surface area contributed by atoms with Gasteiger partial charge in [-0.25, -0.2) is 19.6 Å². The quantitative estimate of drug-likeness (QED) is 0.208. The number of imidazole rings is 1. The molecule has 1 saturated heterocycles. The highest BCUT2D eigenvalue weighted by Crippen LogP contribution is 2.58. The van der Waals surface area contributed by atoms with Crippen LogP contribution in [0.5, 0.6) is 0 Å². The van der Waals surface area contributed by atoms with Crippen LogP contribution in [0.1, 0.15) is 76.9 Å². The molecule has 3 heterocycles. The van der Waals surface area contributed by atoms with Crippen LogP contribution >= 0.6 is 8.53 Å². The summed E-state index contributed by atoms with van der Waals surface area (Å²) >= 11 is 0. The van der Waals surface area contributed by atoms with Crippen LogP contribution in [0.3, 0.4) is 0 Å². The Bertz CT molecular complexity index is 1380. The van der Waals surface area contributed by atoms with Crippen molar-refractivity contribution in [3.8, 4) is 6.07 Å². The number of carbonyl (C=O) groups excluding carboxylic acids is 1. The Kier molecular flexibility index (Phi) is 8.97. The lowest BCUT2D eigenvalue weighted by atomic mass is 9.97. The number of amides is 1. The van der Waals surface area contributed by atoms with Gasteiger partial charge < -0.3 is 19.1 Å². The van der Waals surface area contributed by atoms with Gasteiger partial charge in [0.05, 0.1) is 37.6 Å². The second-order valence-electron chi connectivity index (χ2n) is 11.5. The van der Waals surface area contributed by atoms with Crippen molar-refractivity contribution in [2.45, 2.75) is 90.8 Å². The van der Waals surface area contributed by atoms with E-state index >= 15 is 0 Å². The number of rotatable bonds is 12. The van der Waals surface area contributed by atoms with E-state index in [1.807, 2.05) is 22.8 Å². The summed E-state index contributed by atoms with van der Waals surface area (Å²) in [6, 6.07) is 11.6. The second kappa shape index (κ2) is 12.5. The molecule has 2 aromatic heterocycles. The molecule has 1 aromatic carbocycles. The molecule has 1 aliphatic heterocycles. The molecule has 4 atom stereocenters. The molecule has 218 valence electrons. The standard InChI is InChI=1S/C29H38N7O4P/c1-19(2)36(20(3)4)41(38-15-9-14-30)40-22-16-23(39-25(22)29(5)12-13-29)35-18-33-24-26(31-17-32-27(24)35)34-28(37)21-10-7-6-8-11-21/h6-8,10-11,17-20,22-23,25H,9,12-13,15-16H2,1-5H3,(H,31,32,34,37)/t22-,23-,25+,41?/m1/s1. The number of carbonyl (C=O) groups is 1. The molecule has 2 fully saturated rings. The number of hydrogen-bond acceptors (Lipinski definition) is 9.